The Morgan fingerprint density at radius 1 is 1.31 bits per heavy atom. The second-order valence-corrected chi connectivity index (χ2v) is 4.24. The summed E-state index contributed by atoms with van der Waals surface area (Å²) in [4.78, 5) is 0. The lowest BCUT2D eigenvalue weighted by Gasteiger charge is -2.20. The number of aryl methyl sites for hydroxylation is 2. The predicted octanol–water partition coefficient (Wildman–Crippen LogP) is 2.54. The number of anilines is 1. The molecule has 82 valence electrons. The molecular formula is C13H15N3. The number of rotatable bonds is 1. The predicted molar refractivity (Wildman–Crippen MR) is 65.1 cm³/mol. The van der Waals surface area contributed by atoms with Gasteiger partial charge < -0.3 is 5.32 Å². The van der Waals surface area contributed by atoms with Crippen molar-refractivity contribution in [2.75, 3.05) is 11.9 Å². The third kappa shape index (κ3) is 1.48. The van der Waals surface area contributed by atoms with E-state index in [4.69, 9.17) is 0 Å². The SMILES string of the molecule is Cc1ccn(-c2cccc3c2NCCC3)n1. The van der Waals surface area contributed by atoms with E-state index in [1.165, 1.54) is 17.7 Å². The summed E-state index contributed by atoms with van der Waals surface area (Å²) in [5.41, 5.74) is 4.85. The quantitative estimate of drug-likeness (QED) is 0.789. The van der Waals surface area contributed by atoms with Crippen LogP contribution in [0, 0.1) is 6.92 Å². The van der Waals surface area contributed by atoms with Crippen molar-refractivity contribution >= 4 is 5.69 Å². The molecule has 16 heavy (non-hydrogen) atoms. The first kappa shape index (κ1) is 9.46. The van der Waals surface area contributed by atoms with Crippen molar-refractivity contribution < 1.29 is 0 Å². The van der Waals surface area contributed by atoms with Crippen LogP contribution in [0.15, 0.2) is 30.5 Å². The molecule has 0 saturated heterocycles. The average Bonchev–Trinajstić information content (AvgIpc) is 2.75. The van der Waals surface area contributed by atoms with Gasteiger partial charge in [-0.2, -0.15) is 5.10 Å². The molecule has 0 bridgehead atoms. The molecule has 0 atom stereocenters. The van der Waals surface area contributed by atoms with Crippen molar-refractivity contribution in [3.63, 3.8) is 0 Å². The van der Waals surface area contributed by atoms with Gasteiger partial charge in [-0.15, -0.1) is 0 Å². The Bertz CT molecular complexity index is 514. The van der Waals surface area contributed by atoms with Crippen LogP contribution in [0.2, 0.25) is 0 Å². The number of nitrogens with zero attached hydrogens (tertiary/aromatic N) is 2. The minimum absolute atomic E-state index is 1.05. The maximum Gasteiger partial charge on any atom is 0.0879 e. The first-order chi connectivity index (χ1) is 7.84. The number of hydrogen-bond acceptors (Lipinski definition) is 2. The maximum atomic E-state index is 4.47. The Morgan fingerprint density at radius 2 is 2.25 bits per heavy atom. The zero-order valence-corrected chi connectivity index (χ0v) is 9.40. The lowest BCUT2D eigenvalue weighted by Crippen LogP contribution is -2.14. The molecule has 3 heteroatoms. The van der Waals surface area contributed by atoms with E-state index in [0.717, 1.165) is 24.3 Å². The van der Waals surface area contributed by atoms with Crippen LogP contribution in [-0.4, -0.2) is 16.3 Å². The Kier molecular flexibility index (Phi) is 2.17. The van der Waals surface area contributed by atoms with Crippen LogP contribution >= 0.6 is 0 Å². The van der Waals surface area contributed by atoms with Crippen LogP contribution in [0.25, 0.3) is 5.69 Å². The number of nitrogens with one attached hydrogen (secondary N) is 1. The highest BCUT2D eigenvalue weighted by Gasteiger charge is 2.13. The van der Waals surface area contributed by atoms with Crippen molar-refractivity contribution in [1.29, 1.82) is 0 Å². The highest BCUT2D eigenvalue weighted by molar-refractivity contribution is 5.66. The van der Waals surface area contributed by atoms with Crippen molar-refractivity contribution in [1.82, 2.24) is 9.78 Å². The summed E-state index contributed by atoms with van der Waals surface area (Å²) in [5.74, 6) is 0. The van der Waals surface area contributed by atoms with E-state index >= 15 is 0 Å². The Labute approximate surface area is 95.1 Å². The molecule has 0 fully saturated rings. The van der Waals surface area contributed by atoms with Gasteiger partial charge in [-0.1, -0.05) is 12.1 Å². The molecule has 0 unspecified atom stereocenters. The van der Waals surface area contributed by atoms with Crippen molar-refractivity contribution in [3.8, 4) is 5.69 Å². The van der Waals surface area contributed by atoms with E-state index in [2.05, 4.69) is 28.6 Å². The number of benzene rings is 1. The van der Waals surface area contributed by atoms with Crippen LogP contribution in [0.3, 0.4) is 0 Å². The van der Waals surface area contributed by atoms with E-state index in [1.807, 2.05) is 23.9 Å². The van der Waals surface area contributed by atoms with Crippen molar-refractivity contribution in [2.45, 2.75) is 19.8 Å². The Hall–Kier alpha value is -1.77. The second-order valence-electron chi connectivity index (χ2n) is 4.24. The molecule has 1 N–H and O–H groups in total. The summed E-state index contributed by atoms with van der Waals surface area (Å²) < 4.78 is 1.95. The fraction of sp³-hybridized carbons (Fsp3) is 0.308. The molecule has 2 heterocycles. The van der Waals surface area contributed by atoms with E-state index in [-0.39, 0.29) is 0 Å². The highest BCUT2D eigenvalue weighted by Crippen LogP contribution is 2.28. The molecule has 0 aliphatic carbocycles. The highest BCUT2D eigenvalue weighted by atomic mass is 15.3. The van der Waals surface area contributed by atoms with E-state index in [0.29, 0.717) is 0 Å². The number of fused-ring (bicyclic) bond motifs is 1. The van der Waals surface area contributed by atoms with Crippen molar-refractivity contribution in [2.24, 2.45) is 0 Å². The molecule has 0 spiro atoms. The molecule has 0 amide bonds. The lowest BCUT2D eigenvalue weighted by molar-refractivity contribution is 0.809. The topological polar surface area (TPSA) is 29.9 Å². The summed E-state index contributed by atoms with van der Waals surface area (Å²) in [5, 5.41) is 7.94. The minimum atomic E-state index is 1.05. The molecule has 0 saturated carbocycles. The lowest BCUT2D eigenvalue weighted by atomic mass is 10.0. The Morgan fingerprint density at radius 3 is 3.06 bits per heavy atom. The summed E-state index contributed by atoms with van der Waals surface area (Å²) in [6.45, 7) is 3.07. The van der Waals surface area contributed by atoms with Crippen LogP contribution in [0.1, 0.15) is 17.7 Å². The normalized spacial score (nSPS) is 14.3. The number of aromatic nitrogens is 2. The summed E-state index contributed by atoms with van der Waals surface area (Å²) in [7, 11) is 0. The summed E-state index contributed by atoms with van der Waals surface area (Å²) in [6, 6.07) is 8.45. The molecule has 1 aromatic heterocycles. The van der Waals surface area contributed by atoms with Gasteiger partial charge in [0.25, 0.3) is 0 Å². The largest absolute Gasteiger partial charge is 0.383 e. The molecular weight excluding hydrogens is 198 g/mol. The fourth-order valence-corrected chi connectivity index (χ4v) is 2.23. The summed E-state index contributed by atoms with van der Waals surface area (Å²) >= 11 is 0. The zero-order valence-electron chi connectivity index (χ0n) is 9.40. The van der Waals surface area contributed by atoms with Crippen LogP contribution < -0.4 is 5.32 Å². The second kappa shape index (κ2) is 3.67. The fourth-order valence-electron chi connectivity index (χ4n) is 2.23. The molecule has 1 aliphatic heterocycles. The average molecular weight is 213 g/mol. The van der Waals surface area contributed by atoms with Gasteiger partial charge in [0, 0.05) is 12.7 Å². The van der Waals surface area contributed by atoms with E-state index < -0.39 is 0 Å². The minimum Gasteiger partial charge on any atom is -0.383 e. The first-order valence-electron chi connectivity index (χ1n) is 5.73. The number of para-hydroxylation sites is 1. The van der Waals surface area contributed by atoms with Crippen LogP contribution in [-0.2, 0) is 6.42 Å². The van der Waals surface area contributed by atoms with E-state index in [1.54, 1.807) is 0 Å². The van der Waals surface area contributed by atoms with Gasteiger partial charge in [0.2, 0.25) is 0 Å². The van der Waals surface area contributed by atoms with Gasteiger partial charge in [0.1, 0.15) is 0 Å². The molecule has 3 nitrogen and oxygen atoms in total. The first-order valence-corrected chi connectivity index (χ1v) is 5.73. The van der Waals surface area contributed by atoms with Crippen molar-refractivity contribution in [3.05, 3.63) is 41.7 Å². The van der Waals surface area contributed by atoms with Crippen LogP contribution in [0.4, 0.5) is 5.69 Å². The number of hydrogen-bond donors (Lipinski definition) is 1. The summed E-state index contributed by atoms with van der Waals surface area (Å²) in [6.07, 6.45) is 4.40. The van der Waals surface area contributed by atoms with Gasteiger partial charge in [-0.25, -0.2) is 4.68 Å². The maximum absolute atomic E-state index is 4.47. The van der Waals surface area contributed by atoms with Gasteiger partial charge in [0.15, 0.2) is 0 Å². The van der Waals surface area contributed by atoms with E-state index in [9.17, 15) is 0 Å². The Balaban J connectivity index is 2.13. The third-order valence-corrected chi connectivity index (χ3v) is 3.02. The molecule has 0 radical (unpaired) electrons. The third-order valence-electron chi connectivity index (χ3n) is 3.02. The van der Waals surface area contributed by atoms with Crippen LogP contribution in [0.5, 0.6) is 0 Å². The molecule has 2 aromatic rings. The smallest absolute Gasteiger partial charge is 0.0879 e. The van der Waals surface area contributed by atoms with Gasteiger partial charge in [0.05, 0.1) is 17.1 Å². The molecule has 1 aliphatic rings. The molecule has 1 aromatic carbocycles. The zero-order chi connectivity index (χ0) is 11.0. The standard InChI is InChI=1S/C13H15N3/c1-10-7-9-16(15-10)12-6-2-4-11-5-3-8-14-13(11)12/h2,4,6-7,9,14H,3,5,8H2,1H3. The molecule has 3 rings (SSSR count). The monoisotopic (exact) mass is 213 g/mol. The van der Waals surface area contributed by atoms with Gasteiger partial charge >= 0.3 is 0 Å². The van der Waals surface area contributed by atoms with Gasteiger partial charge in [-0.3, -0.25) is 0 Å². The van der Waals surface area contributed by atoms with Gasteiger partial charge in [-0.05, 0) is 37.5 Å².